The lowest BCUT2D eigenvalue weighted by Gasteiger charge is -2.34. The number of piperidine rings is 1. The number of rotatable bonds is 4. The molecule has 3 aliphatic heterocycles. The van der Waals surface area contributed by atoms with E-state index in [4.69, 9.17) is 5.41 Å². The standard InChI is InChI=1S/C23H27N3O2S2/c24-23-26(21-15-30(27,28)16-22(21)29-23)20-8-6-19(7-9-20)25-12-10-18(11-13-25)14-17-4-2-1-3-5-17/h1-9,18,21-22,24H,10-16H2/t21-,22+/m0/s1. The van der Waals surface area contributed by atoms with Crippen LogP contribution in [0.4, 0.5) is 11.4 Å². The number of hydrogen-bond donors (Lipinski definition) is 1. The first-order valence-corrected chi connectivity index (χ1v) is 13.3. The Morgan fingerprint density at radius 3 is 2.30 bits per heavy atom. The molecule has 7 heteroatoms. The van der Waals surface area contributed by atoms with Crippen LogP contribution in [0.15, 0.2) is 54.6 Å². The second kappa shape index (κ2) is 7.93. The molecule has 30 heavy (non-hydrogen) atoms. The summed E-state index contributed by atoms with van der Waals surface area (Å²) in [6.45, 7) is 2.13. The summed E-state index contributed by atoms with van der Waals surface area (Å²) in [6.07, 6.45) is 3.56. The van der Waals surface area contributed by atoms with E-state index in [0.717, 1.165) is 31.1 Å². The quantitative estimate of drug-likeness (QED) is 0.782. The molecule has 5 nitrogen and oxygen atoms in total. The lowest BCUT2D eigenvalue weighted by molar-refractivity contribution is 0.404. The Balaban J connectivity index is 1.22. The van der Waals surface area contributed by atoms with E-state index in [0.29, 0.717) is 5.17 Å². The maximum Gasteiger partial charge on any atom is 0.161 e. The highest BCUT2D eigenvalue weighted by molar-refractivity contribution is 8.15. The highest BCUT2D eigenvalue weighted by atomic mass is 32.2. The fourth-order valence-electron chi connectivity index (χ4n) is 4.98. The van der Waals surface area contributed by atoms with Crippen LogP contribution in [0.3, 0.4) is 0 Å². The van der Waals surface area contributed by atoms with E-state index < -0.39 is 9.84 Å². The van der Waals surface area contributed by atoms with Gasteiger partial charge in [-0.2, -0.15) is 0 Å². The lowest BCUT2D eigenvalue weighted by Crippen LogP contribution is -2.37. The minimum atomic E-state index is -2.99. The van der Waals surface area contributed by atoms with Gasteiger partial charge in [0.15, 0.2) is 15.0 Å². The van der Waals surface area contributed by atoms with Gasteiger partial charge in [-0.15, -0.1) is 0 Å². The summed E-state index contributed by atoms with van der Waals surface area (Å²) in [7, 11) is -2.99. The molecule has 3 aliphatic rings. The average molecular weight is 442 g/mol. The molecule has 2 aromatic carbocycles. The Kier molecular flexibility index (Phi) is 5.27. The number of sulfone groups is 1. The van der Waals surface area contributed by atoms with Crippen molar-refractivity contribution in [1.82, 2.24) is 0 Å². The van der Waals surface area contributed by atoms with Gasteiger partial charge in [0.1, 0.15) is 0 Å². The summed E-state index contributed by atoms with van der Waals surface area (Å²) in [5, 5.41) is 8.78. The van der Waals surface area contributed by atoms with Gasteiger partial charge >= 0.3 is 0 Å². The zero-order chi connectivity index (χ0) is 20.7. The Labute approximate surface area is 182 Å². The Hall–Kier alpha value is -1.99. The van der Waals surface area contributed by atoms with Crippen LogP contribution >= 0.6 is 11.8 Å². The summed E-state index contributed by atoms with van der Waals surface area (Å²) in [5.74, 6) is 1.09. The molecule has 0 radical (unpaired) electrons. The molecule has 0 amide bonds. The number of amidine groups is 1. The van der Waals surface area contributed by atoms with Crippen molar-refractivity contribution in [2.24, 2.45) is 5.92 Å². The Morgan fingerprint density at radius 1 is 0.933 bits per heavy atom. The van der Waals surface area contributed by atoms with Crippen molar-refractivity contribution in [2.75, 3.05) is 34.4 Å². The third-order valence-electron chi connectivity index (χ3n) is 6.56. The fourth-order valence-corrected chi connectivity index (χ4v) is 8.77. The molecule has 0 aromatic heterocycles. The molecule has 3 fully saturated rings. The molecule has 3 saturated heterocycles. The molecule has 0 spiro atoms. The van der Waals surface area contributed by atoms with Gasteiger partial charge in [0.05, 0.1) is 17.5 Å². The van der Waals surface area contributed by atoms with Crippen molar-refractivity contribution in [3.8, 4) is 0 Å². The van der Waals surface area contributed by atoms with Gasteiger partial charge in [0.2, 0.25) is 0 Å². The second-order valence-electron chi connectivity index (χ2n) is 8.61. The van der Waals surface area contributed by atoms with Gasteiger partial charge in [-0.25, -0.2) is 8.42 Å². The van der Waals surface area contributed by atoms with Crippen LogP contribution in [0.5, 0.6) is 0 Å². The SMILES string of the molecule is N=C1S[C@@H]2CS(=O)(=O)C[C@@H]2N1c1ccc(N2CCC(Cc3ccccc3)CC2)cc1. The zero-order valence-electron chi connectivity index (χ0n) is 16.9. The van der Waals surface area contributed by atoms with E-state index in [9.17, 15) is 8.42 Å². The molecule has 2 atom stereocenters. The first-order chi connectivity index (χ1) is 14.5. The molecule has 3 heterocycles. The molecule has 5 rings (SSSR count). The third kappa shape index (κ3) is 3.97. The molecular weight excluding hydrogens is 414 g/mol. The third-order valence-corrected chi connectivity index (χ3v) is 9.69. The number of nitrogens with zero attached hydrogens (tertiary/aromatic N) is 2. The molecule has 158 valence electrons. The van der Waals surface area contributed by atoms with Crippen LogP contribution in [-0.4, -0.2) is 49.5 Å². The van der Waals surface area contributed by atoms with E-state index in [1.54, 1.807) is 0 Å². The van der Waals surface area contributed by atoms with Crippen molar-refractivity contribution < 1.29 is 8.42 Å². The van der Waals surface area contributed by atoms with E-state index >= 15 is 0 Å². The minimum Gasteiger partial charge on any atom is -0.372 e. The van der Waals surface area contributed by atoms with Crippen LogP contribution in [-0.2, 0) is 16.3 Å². The molecule has 0 bridgehead atoms. The van der Waals surface area contributed by atoms with Gasteiger partial charge in [-0.3, -0.25) is 5.41 Å². The van der Waals surface area contributed by atoms with E-state index in [1.807, 2.05) is 17.0 Å². The molecule has 0 aliphatic carbocycles. The average Bonchev–Trinajstić information content (AvgIpc) is 3.19. The summed E-state index contributed by atoms with van der Waals surface area (Å²) in [6, 6.07) is 19.0. The maximum atomic E-state index is 12.0. The monoisotopic (exact) mass is 441 g/mol. The van der Waals surface area contributed by atoms with Gasteiger partial charge in [-0.05, 0) is 55.0 Å². The first-order valence-electron chi connectivity index (χ1n) is 10.6. The van der Waals surface area contributed by atoms with Crippen LogP contribution < -0.4 is 9.80 Å². The number of anilines is 2. The van der Waals surface area contributed by atoms with E-state index in [1.165, 1.54) is 35.9 Å². The van der Waals surface area contributed by atoms with Crippen LogP contribution in [0.1, 0.15) is 18.4 Å². The molecule has 2 aromatic rings. The van der Waals surface area contributed by atoms with Gasteiger partial charge < -0.3 is 9.80 Å². The largest absolute Gasteiger partial charge is 0.372 e. The van der Waals surface area contributed by atoms with Gasteiger partial charge in [-0.1, -0.05) is 42.1 Å². The molecule has 1 N–H and O–H groups in total. The first kappa shape index (κ1) is 19.9. The second-order valence-corrected chi connectivity index (χ2v) is 12.0. The number of fused-ring (bicyclic) bond motifs is 1. The highest BCUT2D eigenvalue weighted by Gasteiger charge is 2.48. The summed E-state index contributed by atoms with van der Waals surface area (Å²) < 4.78 is 24.0. The Morgan fingerprint density at radius 2 is 1.60 bits per heavy atom. The predicted octanol–water partition coefficient (Wildman–Crippen LogP) is 3.80. The number of hydrogen-bond acceptors (Lipinski definition) is 5. The topological polar surface area (TPSA) is 64.5 Å². The van der Waals surface area contributed by atoms with Crippen molar-refractivity contribution in [3.63, 3.8) is 0 Å². The predicted molar refractivity (Wildman–Crippen MR) is 126 cm³/mol. The normalized spacial score (nSPS) is 26.2. The molecule has 0 saturated carbocycles. The smallest absolute Gasteiger partial charge is 0.161 e. The fraction of sp³-hybridized carbons (Fsp3) is 0.435. The summed E-state index contributed by atoms with van der Waals surface area (Å²) >= 11 is 1.39. The highest BCUT2D eigenvalue weighted by Crippen LogP contribution is 2.40. The van der Waals surface area contributed by atoms with E-state index in [-0.39, 0.29) is 22.8 Å². The van der Waals surface area contributed by atoms with Crippen LogP contribution in [0.2, 0.25) is 0 Å². The van der Waals surface area contributed by atoms with Crippen molar-refractivity contribution in [2.45, 2.75) is 30.6 Å². The molecular formula is C23H27N3O2S2. The summed E-state index contributed by atoms with van der Waals surface area (Å²) in [5.41, 5.74) is 3.57. The van der Waals surface area contributed by atoms with E-state index in [2.05, 4.69) is 47.4 Å². The Bertz CT molecular complexity index is 1020. The summed E-state index contributed by atoms with van der Waals surface area (Å²) in [4.78, 5) is 4.36. The number of nitrogens with one attached hydrogen (secondary N) is 1. The minimum absolute atomic E-state index is 0.00850. The van der Waals surface area contributed by atoms with Crippen molar-refractivity contribution >= 4 is 38.1 Å². The van der Waals surface area contributed by atoms with Crippen molar-refractivity contribution in [1.29, 1.82) is 5.41 Å². The maximum absolute atomic E-state index is 12.0. The van der Waals surface area contributed by atoms with Crippen molar-refractivity contribution in [3.05, 3.63) is 60.2 Å². The van der Waals surface area contributed by atoms with Gasteiger partial charge in [0, 0.05) is 29.7 Å². The number of benzene rings is 2. The number of thioether (sulfide) groups is 1. The van der Waals surface area contributed by atoms with Gasteiger partial charge in [0.25, 0.3) is 0 Å². The lowest BCUT2D eigenvalue weighted by atomic mass is 9.90. The van der Waals surface area contributed by atoms with Crippen LogP contribution in [0.25, 0.3) is 0 Å². The van der Waals surface area contributed by atoms with Crippen LogP contribution in [0, 0.1) is 11.3 Å². The molecule has 0 unspecified atom stereocenters. The zero-order valence-corrected chi connectivity index (χ0v) is 18.5.